The summed E-state index contributed by atoms with van der Waals surface area (Å²) in [4.78, 5) is 8.92. The molecule has 4 heteroatoms. The van der Waals surface area contributed by atoms with E-state index in [1.54, 1.807) is 0 Å². The van der Waals surface area contributed by atoms with Crippen molar-refractivity contribution in [1.29, 1.82) is 0 Å². The van der Waals surface area contributed by atoms with Gasteiger partial charge < -0.3 is 5.73 Å². The molecule has 0 saturated carbocycles. The second-order valence-electron chi connectivity index (χ2n) is 4.42. The molecule has 2 aromatic rings. The van der Waals surface area contributed by atoms with E-state index in [4.69, 9.17) is 5.73 Å². The number of nitrogen functional groups attached to an aromatic ring is 1. The fraction of sp³-hybridized carbons (Fsp3) is 0.286. The number of hydrogen-bond donors (Lipinski definition) is 1. The second-order valence-corrected chi connectivity index (χ2v) is 5.22. The normalized spacial score (nSPS) is 10.7. The van der Waals surface area contributed by atoms with Crippen molar-refractivity contribution >= 4 is 21.7 Å². The van der Waals surface area contributed by atoms with Crippen molar-refractivity contribution in [2.24, 2.45) is 0 Å². The average molecular weight is 306 g/mol. The topological polar surface area (TPSA) is 51.8 Å². The molecule has 0 saturated heterocycles. The molecule has 0 atom stereocenters. The van der Waals surface area contributed by atoms with Crippen molar-refractivity contribution in [3.63, 3.8) is 0 Å². The monoisotopic (exact) mass is 305 g/mol. The first-order chi connectivity index (χ1) is 8.51. The highest BCUT2D eigenvalue weighted by Gasteiger charge is 2.10. The Balaban J connectivity index is 2.60. The van der Waals surface area contributed by atoms with Crippen LogP contribution in [0.25, 0.3) is 11.4 Å². The number of nitrogens with zero attached hydrogens (tertiary/aromatic N) is 2. The molecule has 0 unspecified atom stereocenters. The lowest BCUT2D eigenvalue weighted by molar-refractivity contribution is 0.995. The molecule has 1 heterocycles. The van der Waals surface area contributed by atoms with Crippen molar-refractivity contribution < 1.29 is 0 Å². The Bertz CT molecular complexity index is 574. The van der Waals surface area contributed by atoms with Crippen molar-refractivity contribution in [1.82, 2.24) is 9.97 Å². The summed E-state index contributed by atoms with van der Waals surface area (Å²) in [6.45, 7) is 6.19. The number of anilines is 1. The van der Waals surface area contributed by atoms with Crippen molar-refractivity contribution in [3.8, 4) is 11.4 Å². The van der Waals surface area contributed by atoms with Gasteiger partial charge in [-0.25, -0.2) is 9.97 Å². The fourth-order valence-electron chi connectivity index (χ4n) is 1.98. The zero-order chi connectivity index (χ0) is 13.3. The van der Waals surface area contributed by atoms with Crippen LogP contribution in [-0.2, 0) is 6.42 Å². The molecular formula is C14H16BrN3. The number of hydrogen-bond acceptors (Lipinski definition) is 3. The summed E-state index contributed by atoms with van der Waals surface area (Å²) >= 11 is 3.43. The predicted molar refractivity (Wildman–Crippen MR) is 78.4 cm³/mol. The number of aromatic nitrogens is 2. The summed E-state index contributed by atoms with van der Waals surface area (Å²) in [6.07, 6.45) is 0.825. The fourth-order valence-corrected chi connectivity index (χ4v) is 2.44. The van der Waals surface area contributed by atoms with Crippen LogP contribution in [0.1, 0.15) is 23.7 Å². The molecule has 3 nitrogen and oxygen atoms in total. The van der Waals surface area contributed by atoms with E-state index in [0.717, 1.165) is 22.2 Å². The first-order valence-corrected chi connectivity index (χ1v) is 6.71. The van der Waals surface area contributed by atoms with E-state index < -0.39 is 0 Å². The molecule has 18 heavy (non-hydrogen) atoms. The lowest BCUT2D eigenvalue weighted by Gasteiger charge is -2.09. The molecule has 94 valence electrons. The van der Waals surface area contributed by atoms with Crippen LogP contribution in [0.2, 0.25) is 0 Å². The van der Waals surface area contributed by atoms with Gasteiger partial charge in [0.25, 0.3) is 0 Å². The van der Waals surface area contributed by atoms with Gasteiger partial charge in [0.2, 0.25) is 0 Å². The van der Waals surface area contributed by atoms with Crippen LogP contribution in [0.4, 0.5) is 5.82 Å². The zero-order valence-corrected chi connectivity index (χ0v) is 12.4. The number of halogens is 1. The molecule has 0 radical (unpaired) electrons. The largest absolute Gasteiger partial charge is 0.383 e. The number of rotatable bonds is 2. The molecule has 0 fully saturated rings. The maximum atomic E-state index is 5.91. The number of benzene rings is 1. The Hall–Kier alpha value is -1.42. The minimum Gasteiger partial charge on any atom is -0.383 e. The highest BCUT2D eigenvalue weighted by atomic mass is 79.9. The third-order valence-electron chi connectivity index (χ3n) is 2.76. The highest BCUT2D eigenvalue weighted by molar-refractivity contribution is 9.10. The van der Waals surface area contributed by atoms with E-state index >= 15 is 0 Å². The van der Waals surface area contributed by atoms with Gasteiger partial charge in [-0.1, -0.05) is 24.1 Å². The van der Waals surface area contributed by atoms with Crippen LogP contribution in [0.5, 0.6) is 0 Å². The Morgan fingerprint density at radius 1 is 1.11 bits per heavy atom. The van der Waals surface area contributed by atoms with Gasteiger partial charge in [0.1, 0.15) is 5.82 Å². The molecule has 2 N–H and O–H groups in total. The van der Waals surface area contributed by atoms with Crippen LogP contribution < -0.4 is 5.73 Å². The van der Waals surface area contributed by atoms with E-state index in [9.17, 15) is 0 Å². The lowest BCUT2D eigenvalue weighted by Crippen LogP contribution is -2.02. The molecule has 0 aliphatic carbocycles. The molecule has 2 rings (SSSR count). The van der Waals surface area contributed by atoms with Gasteiger partial charge in [-0.2, -0.15) is 0 Å². The quantitative estimate of drug-likeness (QED) is 0.921. The van der Waals surface area contributed by atoms with Gasteiger partial charge in [-0.15, -0.1) is 0 Å². The van der Waals surface area contributed by atoms with Crippen LogP contribution in [0.3, 0.4) is 0 Å². The summed E-state index contributed by atoms with van der Waals surface area (Å²) in [5, 5.41) is 0. The van der Waals surface area contributed by atoms with Gasteiger partial charge >= 0.3 is 0 Å². The molecule has 0 bridgehead atoms. The van der Waals surface area contributed by atoms with Crippen LogP contribution in [0.15, 0.2) is 22.7 Å². The Kier molecular flexibility index (Phi) is 3.66. The molecule has 0 aliphatic rings. The Labute approximate surface area is 116 Å². The molecular weight excluding hydrogens is 290 g/mol. The smallest absolute Gasteiger partial charge is 0.161 e. The Morgan fingerprint density at radius 2 is 1.72 bits per heavy atom. The molecule has 0 spiro atoms. The maximum absolute atomic E-state index is 5.91. The third-order valence-corrected chi connectivity index (χ3v) is 3.62. The lowest BCUT2D eigenvalue weighted by atomic mass is 10.1. The van der Waals surface area contributed by atoms with Crippen molar-refractivity contribution in [2.75, 3.05) is 5.73 Å². The summed E-state index contributed by atoms with van der Waals surface area (Å²) in [5.74, 6) is 1.19. The van der Waals surface area contributed by atoms with Gasteiger partial charge in [0.15, 0.2) is 5.82 Å². The van der Waals surface area contributed by atoms with E-state index in [0.29, 0.717) is 11.6 Å². The molecule has 0 aliphatic heterocycles. The van der Waals surface area contributed by atoms with E-state index in [2.05, 4.69) is 64.9 Å². The second kappa shape index (κ2) is 5.06. The minimum absolute atomic E-state index is 0.496. The number of nitrogens with two attached hydrogens (primary N) is 1. The van der Waals surface area contributed by atoms with E-state index in [1.807, 2.05) is 0 Å². The summed E-state index contributed by atoms with van der Waals surface area (Å²) in [5.41, 5.74) is 10.3. The Morgan fingerprint density at radius 3 is 2.28 bits per heavy atom. The standard InChI is InChI=1S/C14H16BrN3/c1-4-11-12(15)13(16)18-14(17-11)10-6-8(2)5-9(3)7-10/h5-7H,4H2,1-3H3,(H2,16,17,18). The van der Waals surface area contributed by atoms with Gasteiger partial charge in [-0.05, 0) is 48.3 Å². The highest BCUT2D eigenvalue weighted by Crippen LogP contribution is 2.26. The van der Waals surface area contributed by atoms with Crippen LogP contribution >= 0.6 is 15.9 Å². The van der Waals surface area contributed by atoms with Gasteiger partial charge in [0, 0.05) is 5.56 Å². The SMILES string of the molecule is CCc1nc(-c2cc(C)cc(C)c2)nc(N)c1Br. The van der Waals surface area contributed by atoms with Crippen molar-refractivity contribution in [2.45, 2.75) is 27.2 Å². The van der Waals surface area contributed by atoms with Crippen LogP contribution in [0, 0.1) is 13.8 Å². The first kappa shape index (κ1) is 13.0. The van der Waals surface area contributed by atoms with Gasteiger partial charge in [0.05, 0.1) is 10.2 Å². The zero-order valence-electron chi connectivity index (χ0n) is 10.8. The molecule has 1 aromatic carbocycles. The van der Waals surface area contributed by atoms with Crippen LogP contribution in [-0.4, -0.2) is 9.97 Å². The number of aryl methyl sites for hydroxylation is 3. The summed E-state index contributed by atoms with van der Waals surface area (Å²) < 4.78 is 0.804. The summed E-state index contributed by atoms with van der Waals surface area (Å²) in [7, 11) is 0. The minimum atomic E-state index is 0.496. The first-order valence-electron chi connectivity index (χ1n) is 5.91. The van der Waals surface area contributed by atoms with Gasteiger partial charge in [-0.3, -0.25) is 0 Å². The molecule has 1 aromatic heterocycles. The summed E-state index contributed by atoms with van der Waals surface area (Å²) in [6, 6.07) is 6.29. The third kappa shape index (κ3) is 2.53. The predicted octanol–water partition coefficient (Wildman–Crippen LogP) is 3.67. The van der Waals surface area contributed by atoms with E-state index in [1.165, 1.54) is 11.1 Å². The van der Waals surface area contributed by atoms with E-state index in [-0.39, 0.29) is 0 Å². The van der Waals surface area contributed by atoms with Crippen molar-refractivity contribution in [3.05, 3.63) is 39.5 Å². The average Bonchev–Trinajstić information content (AvgIpc) is 2.31. The molecule has 0 amide bonds. The maximum Gasteiger partial charge on any atom is 0.161 e.